The van der Waals surface area contributed by atoms with Crippen molar-refractivity contribution in [3.63, 3.8) is 0 Å². The first-order chi connectivity index (χ1) is 11.0. The van der Waals surface area contributed by atoms with E-state index in [2.05, 4.69) is 4.90 Å². The highest BCUT2D eigenvalue weighted by atomic mass is 35.5. The third-order valence-corrected chi connectivity index (χ3v) is 4.63. The second-order valence-corrected chi connectivity index (χ2v) is 6.56. The fourth-order valence-corrected chi connectivity index (χ4v) is 3.29. The first-order valence-corrected chi connectivity index (χ1v) is 8.21. The highest BCUT2D eigenvalue weighted by molar-refractivity contribution is 6.36. The summed E-state index contributed by atoms with van der Waals surface area (Å²) < 4.78 is 5.88. The molecule has 3 nitrogen and oxygen atoms in total. The van der Waals surface area contributed by atoms with Crippen molar-refractivity contribution in [1.29, 1.82) is 0 Å². The van der Waals surface area contributed by atoms with Crippen molar-refractivity contribution in [2.75, 3.05) is 11.4 Å². The SMILES string of the molecule is CC(=O)c1ccc2c(c1)N(Cc1c(Cl)cccc1Cl)CC(C)O2. The Balaban J connectivity index is 2.00. The second-order valence-electron chi connectivity index (χ2n) is 5.75. The number of fused-ring (bicyclic) bond motifs is 1. The fraction of sp³-hybridized carbons (Fsp3) is 0.278. The van der Waals surface area contributed by atoms with Crippen molar-refractivity contribution in [1.82, 2.24) is 0 Å². The maximum absolute atomic E-state index is 11.7. The summed E-state index contributed by atoms with van der Waals surface area (Å²) in [5, 5.41) is 1.28. The predicted octanol–water partition coefficient (Wildman–Crippen LogP) is 4.98. The normalized spacial score (nSPS) is 16.7. The average molecular weight is 350 g/mol. The van der Waals surface area contributed by atoms with Crippen LogP contribution in [0.2, 0.25) is 10.0 Å². The van der Waals surface area contributed by atoms with E-state index in [-0.39, 0.29) is 11.9 Å². The molecule has 23 heavy (non-hydrogen) atoms. The first-order valence-electron chi connectivity index (χ1n) is 7.45. The van der Waals surface area contributed by atoms with E-state index in [9.17, 15) is 4.79 Å². The van der Waals surface area contributed by atoms with Gasteiger partial charge in [0.25, 0.3) is 0 Å². The van der Waals surface area contributed by atoms with Gasteiger partial charge in [0.1, 0.15) is 11.9 Å². The van der Waals surface area contributed by atoms with Crippen molar-refractivity contribution >= 4 is 34.7 Å². The number of carbonyl (C=O) groups is 1. The van der Waals surface area contributed by atoms with E-state index in [1.54, 1.807) is 13.0 Å². The Morgan fingerprint density at radius 2 is 1.96 bits per heavy atom. The molecule has 3 rings (SSSR count). The van der Waals surface area contributed by atoms with E-state index in [4.69, 9.17) is 27.9 Å². The lowest BCUT2D eigenvalue weighted by Gasteiger charge is -2.35. The Morgan fingerprint density at radius 3 is 2.61 bits per heavy atom. The van der Waals surface area contributed by atoms with Crippen LogP contribution in [0.5, 0.6) is 5.75 Å². The van der Waals surface area contributed by atoms with E-state index < -0.39 is 0 Å². The molecule has 1 aliphatic heterocycles. The van der Waals surface area contributed by atoms with Gasteiger partial charge in [-0.3, -0.25) is 4.79 Å². The monoisotopic (exact) mass is 349 g/mol. The minimum Gasteiger partial charge on any atom is -0.487 e. The first kappa shape index (κ1) is 16.2. The van der Waals surface area contributed by atoms with Crippen LogP contribution in [0.25, 0.3) is 0 Å². The molecule has 1 atom stereocenters. The molecule has 2 aromatic rings. The number of hydrogen-bond donors (Lipinski definition) is 0. The lowest BCUT2D eigenvalue weighted by molar-refractivity contribution is 0.101. The largest absolute Gasteiger partial charge is 0.487 e. The molecule has 0 bridgehead atoms. The standard InChI is InChI=1S/C18H17Cl2NO2/c1-11-9-21(10-14-15(19)4-3-5-16(14)20)17-8-13(12(2)22)6-7-18(17)23-11/h3-8,11H,9-10H2,1-2H3. The maximum atomic E-state index is 11.7. The zero-order valence-electron chi connectivity index (χ0n) is 13.0. The molecule has 0 saturated heterocycles. The summed E-state index contributed by atoms with van der Waals surface area (Å²) in [5.41, 5.74) is 2.44. The van der Waals surface area contributed by atoms with Crippen molar-refractivity contribution < 1.29 is 9.53 Å². The van der Waals surface area contributed by atoms with Gasteiger partial charge >= 0.3 is 0 Å². The van der Waals surface area contributed by atoms with Gasteiger partial charge in [-0.2, -0.15) is 0 Å². The second kappa shape index (κ2) is 6.42. The molecule has 1 unspecified atom stereocenters. The van der Waals surface area contributed by atoms with Crippen molar-refractivity contribution in [3.8, 4) is 5.75 Å². The molecule has 0 fully saturated rings. The Kier molecular flexibility index (Phi) is 4.51. The number of hydrogen-bond acceptors (Lipinski definition) is 3. The van der Waals surface area contributed by atoms with Gasteiger partial charge in [0.05, 0.1) is 12.2 Å². The summed E-state index contributed by atoms with van der Waals surface area (Å²) in [6.45, 7) is 4.85. The van der Waals surface area contributed by atoms with Crippen LogP contribution in [0.1, 0.15) is 29.8 Å². The van der Waals surface area contributed by atoms with Crippen LogP contribution in [0, 0.1) is 0 Å². The fourth-order valence-electron chi connectivity index (χ4n) is 2.77. The van der Waals surface area contributed by atoms with Crippen LogP contribution in [-0.4, -0.2) is 18.4 Å². The van der Waals surface area contributed by atoms with Gasteiger partial charge in [0.2, 0.25) is 0 Å². The zero-order chi connectivity index (χ0) is 16.6. The van der Waals surface area contributed by atoms with Gasteiger partial charge < -0.3 is 9.64 Å². The van der Waals surface area contributed by atoms with Crippen LogP contribution in [0.3, 0.4) is 0 Å². The van der Waals surface area contributed by atoms with Crippen LogP contribution >= 0.6 is 23.2 Å². The van der Waals surface area contributed by atoms with Gasteiger partial charge in [0.15, 0.2) is 5.78 Å². The lowest BCUT2D eigenvalue weighted by Crippen LogP contribution is -2.38. The number of ether oxygens (including phenoxy) is 1. The van der Waals surface area contributed by atoms with E-state index in [1.165, 1.54) is 0 Å². The summed E-state index contributed by atoms with van der Waals surface area (Å²) in [6.07, 6.45) is 0.0481. The number of benzene rings is 2. The minimum atomic E-state index is 0.0298. The molecular formula is C18H17Cl2NO2. The van der Waals surface area contributed by atoms with Crippen molar-refractivity contribution in [3.05, 3.63) is 57.6 Å². The quantitative estimate of drug-likeness (QED) is 0.731. The maximum Gasteiger partial charge on any atom is 0.159 e. The number of rotatable bonds is 3. The lowest BCUT2D eigenvalue weighted by atomic mass is 10.1. The van der Waals surface area contributed by atoms with E-state index in [1.807, 2.05) is 37.3 Å². The molecule has 0 saturated carbocycles. The topological polar surface area (TPSA) is 29.5 Å². The van der Waals surface area contributed by atoms with E-state index >= 15 is 0 Å². The van der Waals surface area contributed by atoms with Gasteiger partial charge in [-0.15, -0.1) is 0 Å². The summed E-state index contributed by atoms with van der Waals surface area (Å²) in [7, 11) is 0. The molecule has 0 radical (unpaired) electrons. The van der Waals surface area contributed by atoms with Crippen LogP contribution in [0.15, 0.2) is 36.4 Å². The minimum absolute atomic E-state index is 0.0298. The van der Waals surface area contributed by atoms with Gasteiger partial charge in [-0.05, 0) is 44.2 Å². The summed E-state index contributed by atoms with van der Waals surface area (Å²) in [6, 6.07) is 11.0. The van der Waals surface area contributed by atoms with Crippen molar-refractivity contribution in [2.24, 2.45) is 0 Å². The summed E-state index contributed by atoms with van der Waals surface area (Å²) >= 11 is 12.6. The molecular weight excluding hydrogens is 333 g/mol. The Hall–Kier alpha value is -1.71. The summed E-state index contributed by atoms with van der Waals surface area (Å²) in [4.78, 5) is 13.8. The molecule has 2 aromatic carbocycles. The molecule has 0 amide bonds. The zero-order valence-corrected chi connectivity index (χ0v) is 14.5. The number of anilines is 1. The van der Waals surface area contributed by atoms with Crippen LogP contribution in [-0.2, 0) is 6.54 Å². The molecule has 0 aliphatic carbocycles. The van der Waals surface area contributed by atoms with E-state index in [0.717, 1.165) is 17.0 Å². The highest BCUT2D eigenvalue weighted by Crippen LogP contribution is 2.37. The smallest absolute Gasteiger partial charge is 0.159 e. The Labute approximate surface area is 145 Å². The van der Waals surface area contributed by atoms with Crippen molar-refractivity contribution in [2.45, 2.75) is 26.5 Å². The highest BCUT2D eigenvalue weighted by Gasteiger charge is 2.25. The van der Waals surface area contributed by atoms with Crippen LogP contribution < -0.4 is 9.64 Å². The number of halogens is 2. The number of ketones is 1. The summed E-state index contributed by atoms with van der Waals surface area (Å²) in [5.74, 6) is 0.805. The number of carbonyl (C=O) groups excluding carboxylic acids is 1. The third kappa shape index (κ3) is 3.31. The van der Waals surface area contributed by atoms with E-state index in [0.29, 0.717) is 28.7 Å². The predicted molar refractivity (Wildman–Crippen MR) is 94.0 cm³/mol. The molecule has 0 spiro atoms. The molecule has 1 aliphatic rings. The number of nitrogens with zero attached hydrogens (tertiary/aromatic N) is 1. The van der Waals surface area contributed by atoms with Gasteiger partial charge in [-0.1, -0.05) is 29.3 Å². The molecule has 120 valence electrons. The molecule has 5 heteroatoms. The Bertz CT molecular complexity index is 740. The molecule has 1 heterocycles. The van der Waals surface area contributed by atoms with Gasteiger partial charge in [-0.25, -0.2) is 0 Å². The number of Topliss-reactive ketones (excluding diaryl/α,β-unsaturated/α-hetero) is 1. The third-order valence-electron chi connectivity index (χ3n) is 3.92. The average Bonchev–Trinajstić information content (AvgIpc) is 2.50. The Morgan fingerprint density at radius 1 is 1.26 bits per heavy atom. The molecule has 0 aromatic heterocycles. The van der Waals surface area contributed by atoms with Gasteiger partial charge in [0, 0.05) is 27.7 Å². The molecule has 0 N–H and O–H groups in total. The van der Waals surface area contributed by atoms with Crippen LogP contribution in [0.4, 0.5) is 5.69 Å².